The molecule has 0 aliphatic carbocycles. The Hall–Kier alpha value is -3.20. The molecule has 0 radical (unpaired) electrons. The molecule has 0 saturated carbocycles. The zero-order valence-corrected chi connectivity index (χ0v) is 20.0. The molecule has 8 nitrogen and oxygen atoms in total. The number of morpholine rings is 1. The van der Waals surface area contributed by atoms with E-state index < -0.39 is 17.1 Å². The van der Waals surface area contributed by atoms with Crippen molar-refractivity contribution in [2.45, 2.75) is 31.8 Å². The number of aliphatic hydroxyl groups is 1. The molecular formula is C27H32N2O6. The van der Waals surface area contributed by atoms with Crippen molar-refractivity contribution in [2.24, 2.45) is 5.73 Å². The summed E-state index contributed by atoms with van der Waals surface area (Å²) in [4.78, 5) is 27.0. The van der Waals surface area contributed by atoms with Crippen LogP contribution < -0.4 is 16.1 Å². The number of hydrogen-bond acceptors (Lipinski definition) is 7. The molecule has 1 atom stereocenters. The number of ether oxygens (including phenoxy) is 2. The van der Waals surface area contributed by atoms with Crippen LogP contribution in [0.4, 0.5) is 0 Å². The molecule has 1 aromatic heterocycles. The quantitative estimate of drug-likeness (QED) is 0.428. The van der Waals surface area contributed by atoms with E-state index in [0.29, 0.717) is 18.6 Å². The zero-order chi connectivity index (χ0) is 24.8. The summed E-state index contributed by atoms with van der Waals surface area (Å²) in [5.74, 6) is -0.150. The molecule has 2 aromatic carbocycles. The van der Waals surface area contributed by atoms with E-state index in [9.17, 15) is 14.7 Å². The molecule has 8 heteroatoms. The number of hydrogen-bond donors (Lipinski definition) is 2. The van der Waals surface area contributed by atoms with Crippen molar-refractivity contribution < 1.29 is 23.8 Å². The molecular weight excluding hydrogens is 448 g/mol. The maximum absolute atomic E-state index is 12.5. The topological polar surface area (TPSA) is 115 Å². The molecule has 2 heterocycles. The van der Waals surface area contributed by atoms with Crippen molar-refractivity contribution in [1.29, 1.82) is 0 Å². The summed E-state index contributed by atoms with van der Waals surface area (Å²) < 4.78 is 16.6. The number of aryl methyl sites for hydroxylation is 2. The summed E-state index contributed by atoms with van der Waals surface area (Å²) >= 11 is 0. The van der Waals surface area contributed by atoms with Gasteiger partial charge in [-0.3, -0.25) is 9.69 Å². The van der Waals surface area contributed by atoms with Crippen molar-refractivity contribution in [2.75, 3.05) is 39.5 Å². The maximum Gasteiger partial charge on any atom is 0.339 e. The van der Waals surface area contributed by atoms with Crippen LogP contribution in [0, 0.1) is 6.92 Å². The Bertz CT molecular complexity index is 1230. The monoisotopic (exact) mass is 480 g/mol. The Labute approximate surface area is 204 Å². The predicted octanol–water partition coefficient (Wildman–Crippen LogP) is 2.20. The predicted molar refractivity (Wildman–Crippen MR) is 133 cm³/mol. The molecule has 0 spiro atoms. The fourth-order valence-electron chi connectivity index (χ4n) is 4.28. The number of primary amides is 1. The van der Waals surface area contributed by atoms with Crippen LogP contribution in [-0.2, 0) is 22.4 Å². The van der Waals surface area contributed by atoms with E-state index >= 15 is 0 Å². The summed E-state index contributed by atoms with van der Waals surface area (Å²) in [6, 6.07) is 14.7. The van der Waals surface area contributed by atoms with Gasteiger partial charge < -0.3 is 24.7 Å². The third-order valence-corrected chi connectivity index (χ3v) is 6.41. The van der Waals surface area contributed by atoms with Crippen LogP contribution in [0.25, 0.3) is 11.0 Å². The molecule has 1 saturated heterocycles. The molecule has 1 amide bonds. The van der Waals surface area contributed by atoms with Crippen LogP contribution in [-0.4, -0.2) is 61.0 Å². The number of fused-ring (bicyclic) bond motifs is 1. The van der Waals surface area contributed by atoms with Gasteiger partial charge in [0.1, 0.15) is 23.5 Å². The van der Waals surface area contributed by atoms with Crippen LogP contribution >= 0.6 is 0 Å². The van der Waals surface area contributed by atoms with E-state index in [1.165, 1.54) is 0 Å². The lowest BCUT2D eigenvalue weighted by Gasteiger charge is -2.26. The molecule has 3 N–H and O–H groups in total. The second-order valence-corrected chi connectivity index (χ2v) is 9.12. The molecule has 3 aromatic rings. The third kappa shape index (κ3) is 6.48. The fraction of sp³-hybridized carbons (Fsp3) is 0.407. The second kappa shape index (κ2) is 11.0. The highest BCUT2D eigenvalue weighted by Gasteiger charge is 2.35. The van der Waals surface area contributed by atoms with Crippen LogP contribution in [0.3, 0.4) is 0 Å². The van der Waals surface area contributed by atoms with Gasteiger partial charge in [0.2, 0.25) is 5.91 Å². The van der Waals surface area contributed by atoms with Gasteiger partial charge in [0.15, 0.2) is 0 Å². The minimum atomic E-state index is -1.89. The number of nitrogens with zero attached hydrogens (tertiary/aromatic N) is 1. The van der Waals surface area contributed by atoms with Crippen LogP contribution in [0.1, 0.15) is 23.1 Å². The van der Waals surface area contributed by atoms with Crippen molar-refractivity contribution in [1.82, 2.24) is 4.90 Å². The standard InChI is InChI=1S/C27H32N2O6/c1-19-5-6-24-21(15-19)17-22(25(30)35-24)18-27(32,26(28)31)8-7-20-3-2-4-23(16-20)34-14-11-29-9-12-33-13-10-29/h2-6,15-17,32H,7-14,18H2,1H3,(H2,28,31). The van der Waals surface area contributed by atoms with Gasteiger partial charge in [-0.1, -0.05) is 23.8 Å². The lowest BCUT2D eigenvalue weighted by atomic mass is 9.88. The number of carbonyl (C=O) groups excluding carboxylic acids is 1. The molecule has 1 aliphatic rings. The van der Waals surface area contributed by atoms with Crippen LogP contribution in [0.15, 0.2) is 57.7 Å². The summed E-state index contributed by atoms with van der Waals surface area (Å²) in [7, 11) is 0. The number of rotatable bonds is 10. The summed E-state index contributed by atoms with van der Waals surface area (Å²) in [6.07, 6.45) is 0.229. The number of benzene rings is 2. The van der Waals surface area contributed by atoms with E-state index in [0.717, 1.165) is 55.1 Å². The SMILES string of the molecule is Cc1ccc2oc(=O)c(CC(O)(CCc3cccc(OCCN4CCOCC4)c3)C(N)=O)cc2c1. The third-order valence-electron chi connectivity index (χ3n) is 6.41. The highest BCUT2D eigenvalue weighted by molar-refractivity contribution is 5.84. The average Bonchev–Trinajstić information content (AvgIpc) is 2.84. The molecule has 0 bridgehead atoms. The normalized spacial score (nSPS) is 16.2. The zero-order valence-electron chi connectivity index (χ0n) is 20.0. The van der Waals surface area contributed by atoms with E-state index in [4.69, 9.17) is 19.6 Å². The van der Waals surface area contributed by atoms with Gasteiger partial charge >= 0.3 is 5.63 Å². The van der Waals surface area contributed by atoms with Gasteiger partial charge in [0.05, 0.1) is 13.2 Å². The Morgan fingerprint density at radius 3 is 2.74 bits per heavy atom. The maximum atomic E-state index is 12.5. The summed E-state index contributed by atoms with van der Waals surface area (Å²) in [6.45, 7) is 6.63. The summed E-state index contributed by atoms with van der Waals surface area (Å²) in [5, 5.41) is 11.8. The van der Waals surface area contributed by atoms with Gasteiger partial charge in [-0.15, -0.1) is 0 Å². The number of nitrogens with two attached hydrogens (primary N) is 1. The first-order chi connectivity index (χ1) is 16.8. The highest BCUT2D eigenvalue weighted by Crippen LogP contribution is 2.23. The van der Waals surface area contributed by atoms with E-state index in [2.05, 4.69) is 4.90 Å². The Kier molecular flexibility index (Phi) is 7.85. The largest absolute Gasteiger partial charge is 0.492 e. The number of amides is 1. The Morgan fingerprint density at radius 1 is 1.17 bits per heavy atom. The minimum absolute atomic E-state index is 0.0604. The molecule has 35 heavy (non-hydrogen) atoms. The van der Waals surface area contributed by atoms with E-state index in [1.54, 1.807) is 12.1 Å². The van der Waals surface area contributed by atoms with Crippen molar-refractivity contribution in [3.05, 3.63) is 75.6 Å². The van der Waals surface area contributed by atoms with Crippen molar-refractivity contribution in [3.8, 4) is 5.75 Å². The first-order valence-electron chi connectivity index (χ1n) is 11.9. The van der Waals surface area contributed by atoms with E-state index in [1.807, 2.05) is 43.3 Å². The van der Waals surface area contributed by atoms with Gasteiger partial charge in [-0.25, -0.2) is 4.79 Å². The van der Waals surface area contributed by atoms with Gasteiger partial charge in [0.25, 0.3) is 0 Å². The minimum Gasteiger partial charge on any atom is -0.492 e. The van der Waals surface area contributed by atoms with Gasteiger partial charge in [0, 0.05) is 37.0 Å². The lowest BCUT2D eigenvalue weighted by molar-refractivity contribution is -0.136. The molecule has 1 unspecified atom stereocenters. The van der Waals surface area contributed by atoms with Gasteiger partial charge in [-0.05, 0) is 55.7 Å². The fourth-order valence-corrected chi connectivity index (χ4v) is 4.28. The van der Waals surface area contributed by atoms with E-state index in [-0.39, 0.29) is 18.4 Å². The highest BCUT2D eigenvalue weighted by atomic mass is 16.5. The molecule has 1 fully saturated rings. The van der Waals surface area contributed by atoms with Crippen molar-refractivity contribution in [3.63, 3.8) is 0 Å². The van der Waals surface area contributed by atoms with Crippen LogP contribution in [0.5, 0.6) is 5.75 Å². The summed E-state index contributed by atoms with van der Waals surface area (Å²) in [5.41, 5.74) is 5.68. The lowest BCUT2D eigenvalue weighted by Crippen LogP contribution is -2.47. The Morgan fingerprint density at radius 2 is 1.97 bits per heavy atom. The van der Waals surface area contributed by atoms with Gasteiger partial charge in [-0.2, -0.15) is 0 Å². The molecule has 4 rings (SSSR count). The smallest absolute Gasteiger partial charge is 0.339 e. The Balaban J connectivity index is 1.41. The number of carbonyl (C=O) groups is 1. The van der Waals surface area contributed by atoms with Crippen molar-refractivity contribution >= 4 is 16.9 Å². The first-order valence-corrected chi connectivity index (χ1v) is 11.9. The molecule has 1 aliphatic heterocycles. The second-order valence-electron chi connectivity index (χ2n) is 9.12. The molecule has 186 valence electrons. The van der Waals surface area contributed by atoms with Crippen LogP contribution in [0.2, 0.25) is 0 Å². The first kappa shape index (κ1) is 24.9. The average molecular weight is 481 g/mol.